The third-order valence-electron chi connectivity index (χ3n) is 3.93. The van der Waals surface area contributed by atoms with Crippen molar-refractivity contribution in [2.45, 2.75) is 11.7 Å². The number of methoxy groups -OCH3 is 2. The molecule has 1 aromatic heterocycles. The van der Waals surface area contributed by atoms with Crippen molar-refractivity contribution in [3.63, 3.8) is 0 Å². The number of sulfonamides is 1. The van der Waals surface area contributed by atoms with Gasteiger partial charge >= 0.3 is 12.0 Å². The second kappa shape index (κ2) is 7.80. The molecule has 0 fully saturated rings. The summed E-state index contributed by atoms with van der Waals surface area (Å²) in [6.07, 6.45) is 5.09. The number of rotatable bonds is 6. The van der Waals surface area contributed by atoms with Crippen LogP contribution < -0.4 is 19.5 Å². The molecule has 0 aliphatic heterocycles. The first-order chi connectivity index (χ1) is 13.1. The standard InChI is InChI=1S/C15H17FN4O7S/c1-15(7-5-4-6-8(15)12(21)22)28(24,25)20-14(23)19-13-17-10(26-2)9(16)11(18-13)27-3/h4-8H,1-3H3,(H,21,22)(H2,17,18,19,20,23). The van der Waals surface area contributed by atoms with Crippen molar-refractivity contribution < 1.29 is 37.0 Å². The number of nitrogens with zero attached hydrogens (tertiary/aromatic N) is 2. The van der Waals surface area contributed by atoms with E-state index in [-0.39, 0.29) is 0 Å². The van der Waals surface area contributed by atoms with E-state index >= 15 is 0 Å². The topological polar surface area (TPSA) is 157 Å². The molecule has 0 radical (unpaired) electrons. The Kier molecular flexibility index (Phi) is 5.87. The number of aromatic nitrogens is 2. The molecule has 11 nitrogen and oxygen atoms in total. The molecule has 13 heteroatoms. The quantitative estimate of drug-likeness (QED) is 0.606. The van der Waals surface area contributed by atoms with E-state index in [1.165, 1.54) is 18.2 Å². The summed E-state index contributed by atoms with van der Waals surface area (Å²) in [4.78, 5) is 30.7. The first-order valence-electron chi connectivity index (χ1n) is 7.63. The highest BCUT2D eigenvalue weighted by molar-refractivity contribution is 7.91. The predicted octanol–water partition coefficient (Wildman–Crippen LogP) is 0.670. The third-order valence-corrected chi connectivity index (χ3v) is 5.94. The van der Waals surface area contributed by atoms with Gasteiger partial charge in [0, 0.05) is 0 Å². The van der Waals surface area contributed by atoms with Crippen molar-refractivity contribution in [3.8, 4) is 11.8 Å². The number of hydrogen-bond acceptors (Lipinski definition) is 8. The Balaban J connectivity index is 2.26. The number of allylic oxidation sites excluding steroid dienone is 2. The van der Waals surface area contributed by atoms with E-state index in [2.05, 4.69) is 19.4 Å². The van der Waals surface area contributed by atoms with Gasteiger partial charge < -0.3 is 14.6 Å². The summed E-state index contributed by atoms with van der Waals surface area (Å²) in [6, 6.07) is -1.29. The molecule has 2 amide bonds. The van der Waals surface area contributed by atoms with Gasteiger partial charge in [0.15, 0.2) is 0 Å². The van der Waals surface area contributed by atoms with Crippen molar-refractivity contribution in [1.82, 2.24) is 14.7 Å². The molecule has 28 heavy (non-hydrogen) atoms. The van der Waals surface area contributed by atoms with Crippen molar-refractivity contribution in [1.29, 1.82) is 0 Å². The van der Waals surface area contributed by atoms with E-state index in [0.717, 1.165) is 27.2 Å². The van der Waals surface area contributed by atoms with Gasteiger partial charge in [-0.1, -0.05) is 24.3 Å². The Bertz CT molecular complexity index is 938. The second-order valence-corrected chi connectivity index (χ2v) is 7.77. The molecule has 0 bridgehead atoms. The van der Waals surface area contributed by atoms with Gasteiger partial charge in [-0.2, -0.15) is 14.4 Å². The normalized spacial score (nSPS) is 21.1. The van der Waals surface area contributed by atoms with Crippen molar-refractivity contribution in [3.05, 3.63) is 30.1 Å². The van der Waals surface area contributed by atoms with Crippen LogP contribution in [0, 0.1) is 11.7 Å². The zero-order chi connectivity index (χ0) is 21.1. The molecule has 1 aliphatic rings. The lowest BCUT2D eigenvalue weighted by Crippen LogP contribution is -2.52. The average molecular weight is 416 g/mol. The summed E-state index contributed by atoms with van der Waals surface area (Å²) >= 11 is 0. The zero-order valence-corrected chi connectivity index (χ0v) is 15.8. The molecule has 152 valence electrons. The first-order valence-corrected chi connectivity index (χ1v) is 9.11. The molecule has 0 saturated carbocycles. The lowest BCUT2D eigenvalue weighted by atomic mass is 9.89. The molecule has 0 spiro atoms. The molecule has 2 unspecified atom stereocenters. The summed E-state index contributed by atoms with van der Waals surface area (Å²) in [6.45, 7) is 1.15. The number of aliphatic carboxylic acids is 1. The molecule has 3 N–H and O–H groups in total. The van der Waals surface area contributed by atoms with Crippen LogP contribution in [0.25, 0.3) is 0 Å². The summed E-state index contributed by atoms with van der Waals surface area (Å²) in [5.41, 5.74) is 0. The van der Waals surface area contributed by atoms with Gasteiger partial charge in [0.05, 0.1) is 20.1 Å². The van der Waals surface area contributed by atoms with Gasteiger partial charge in [0.25, 0.3) is 11.8 Å². The van der Waals surface area contributed by atoms with Crippen LogP contribution in [0.4, 0.5) is 15.1 Å². The molecule has 2 rings (SSSR count). The number of hydrogen-bond donors (Lipinski definition) is 3. The number of nitrogens with one attached hydrogen (secondary N) is 2. The number of carboxylic acid groups (broad SMARTS) is 1. The van der Waals surface area contributed by atoms with Crippen LogP contribution >= 0.6 is 0 Å². The number of amides is 2. The number of urea groups is 1. The minimum absolute atomic E-state index is 0.498. The number of carbonyl (C=O) groups excluding carboxylic acids is 1. The average Bonchev–Trinajstić information content (AvgIpc) is 2.62. The third kappa shape index (κ3) is 3.88. The Hall–Kier alpha value is -3.22. The van der Waals surface area contributed by atoms with E-state index in [4.69, 9.17) is 0 Å². The predicted molar refractivity (Wildman–Crippen MR) is 94.0 cm³/mol. The lowest BCUT2D eigenvalue weighted by Gasteiger charge is -2.31. The van der Waals surface area contributed by atoms with Crippen LogP contribution in [-0.4, -0.2) is 54.5 Å². The molecular weight excluding hydrogens is 399 g/mol. The molecule has 2 atom stereocenters. The van der Waals surface area contributed by atoms with Gasteiger partial charge in [-0.25, -0.2) is 17.9 Å². The smallest absolute Gasteiger partial charge is 0.335 e. The number of carboxylic acids is 1. The Morgan fingerprint density at radius 3 is 2.29 bits per heavy atom. The fraction of sp³-hybridized carbons (Fsp3) is 0.333. The monoisotopic (exact) mass is 416 g/mol. The van der Waals surface area contributed by atoms with Crippen molar-refractivity contribution in [2.75, 3.05) is 19.5 Å². The summed E-state index contributed by atoms with van der Waals surface area (Å²) in [5, 5.41) is 11.3. The lowest BCUT2D eigenvalue weighted by molar-refractivity contribution is -0.140. The Labute approximate surface area is 159 Å². The van der Waals surface area contributed by atoms with E-state index in [9.17, 15) is 27.5 Å². The highest BCUT2D eigenvalue weighted by atomic mass is 32.2. The minimum atomic E-state index is -4.51. The molecule has 1 aromatic rings. The number of ether oxygens (including phenoxy) is 2. The number of carbonyl (C=O) groups is 2. The van der Waals surface area contributed by atoms with Gasteiger partial charge in [-0.3, -0.25) is 10.1 Å². The maximum atomic E-state index is 13.8. The van der Waals surface area contributed by atoms with Gasteiger partial charge in [0.1, 0.15) is 4.75 Å². The number of anilines is 1. The van der Waals surface area contributed by atoms with E-state index in [1.807, 2.05) is 5.32 Å². The van der Waals surface area contributed by atoms with Crippen molar-refractivity contribution >= 4 is 28.0 Å². The van der Waals surface area contributed by atoms with E-state index in [0.29, 0.717) is 0 Å². The van der Waals surface area contributed by atoms with Crippen LogP contribution in [0.3, 0.4) is 0 Å². The number of halogens is 1. The van der Waals surface area contributed by atoms with Crippen LogP contribution in [-0.2, 0) is 14.8 Å². The second-order valence-electron chi connectivity index (χ2n) is 5.68. The van der Waals surface area contributed by atoms with Crippen LogP contribution in [0.15, 0.2) is 24.3 Å². The summed E-state index contributed by atoms with van der Waals surface area (Å²) in [7, 11) is -2.27. The molecule has 1 heterocycles. The molecule has 0 aromatic carbocycles. The fourth-order valence-electron chi connectivity index (χ4n) is 2.39. The maximum Gasteiger partial charge on any atom is 0.335 e. The zero-order valence-electron chi connectivity index (χ0n) is 15.0. The van der Waals surface area contributed by atoms with Crippen LogP contribution in [0.1, 0.15) is 6.92 Å². The summed E-state index contributed by atoms with van der Waals surface area (Å²) in [5.74, 6) is -5.40. The Morgan fingerprint density at radius 2 is 1.79 bits per heavy atom. The van der Waals surface area contributed by atoms with Crippen molar-refractivity contribution in [2.24, 2.45) is 5.92 Å². The summed E-state index contributed by atoms with van der Waals surface area (Å²) < 4.78 is 48.2. The van der Waals surface area contributed by atoms with Gasteiger partial charge in [0.2, 0.25) is 21.8 Å². The van der Waals surface area contributed by atoms with Crippen LogP contribution in [0.2, 0.25) is 0 Å². The van der Waals surface area contributed by atoms with E-state index in [1.54, 1.807) is 4.72 Å². The highest BCUT2D eigenvalue weighted by Crippen LogP contribution is 2.32. The Morgan fingerprint density at radius 1 is 1.21 bits per heavy atom. The SMILES string of the molecule is COc1nc(NC(=O)NS(=O)(=O)C2(C)C=CC=CC2C(=O)O)nc(OC)c1F. The largest absolute Gasteiger partial charge is 0.481 e. The molecular formula is C15H17FN4O7S. The minimum Gasteiger partial charge on any atom is -0.481 e. The maximum absolute atomic E-state index is 13.8. The van der Waals surface area contributed by atoms with Gasteiger partial charge in [-0.05, 0) is 6.92 Å². The first kappa shape index (κ1) is 21.1. The molecule has 1 aliphatic carbocycles. The van der Waals surface area contributed by atoms with Gasteiger partial charge in [-0.15, -0.1) is 0 Å². The van der Waals surface area contributed by atoms with E-state index < -0.39 is 56.2 Å². The fourth-order valence-corrected chi connectivity index (χ4v) is 3.68. The molecule has 0 saturated heterocycles. The highest BCUT2D eigenvalue weighted by Gasteiger charge is 2.48. The van der Waals surface area contributed by atoms with Crippen LogP contribution in [0.5, 0.6) is 11.8 Å².